The number of carbonyl (C=O) groups excluding carboxylic acids is 2. The van der Waals surface area contributed by atoms with Gasteiger partial charge in [0.05, 0.1) is 9.83 Å². The number of hydrogen-bond acceptors (Lipinski definition) is 4. The molecule has 0 amide bonds. The molecule has 4 nitrogen and oxygen atoms in total. The van der Waals surface area contributed by atoms with Crippen molar-refractivity contribution in [2.75, 3.05) is 0 Å². The van der Waals surface area contributed by atoms with E-state index in [1.165, 1.54) is 12.3 Å². The number of hydrogen-bond donors (Lipinski definition) is 0. The summed E-state index contributed by atoms with van der Waals surface area (Å²) < 4.78 is 10.7. The van der Waals surface area contributed by atoms with Crippen LogP contribution in [0.5, 0.6) is 5.75 Å². The molecule has 2 rings (SSSR count). The molecule has 1 aromatic carbocycles. The van der Waals surface area contributed by atoms with Crippen LogP contribution in [0.4, 0.5) is 0 Å². The van der Waals surface area contributed by atoms with Gasteiger partial charge in [-0.3, -0.25) is 4.79 Å². The van der Waals surface area contributed by atoms with E-state index in [0.29, 0.717) is 14.9 Å². The van der Waals surface area contributed by atoms with Gasteiger partial charge in [-0.1, -0.05) is 0 Å². The maximum atomic E-state index is 11.6. The van der Waals surface area contributed by atoms with Gasteiger partial charge in [0.1, 0.15) is 12.0 Å². The molecule has 0 saturated carbocycles. The van der Waals surface area contributed by atoms with Gasteiger partial charge in [-0.25, -0.2) is 4.79 Å². The minimum absolute atomic E-state index is 0.139. The van der Waals surface area contributed by atoms with Crippen molar-refractivity contribution in [2.45, 2.75) is 0 Å². The summed E-state index contributed by atoms with van der Waals surface area (Å²) >= 11 is 1.99. The lowest BCUT2D eigenvalue weighted by atomic mass is 10.2. The van der Waals surface area contributed by atoms with Crippen LogP contribution in [0.15, 0.2) is 41.0 Å². The normalized spacial score (nSPS) is 9.94. The SMILES string of the molecule is O=Cc1ccc(OC(=O)c2ccco2)c(I)c1. The van der Waals surface area contributed by atoms with Crippen molar-refractivity contribution in [1.29, 1.82) is 0 Å². The molecule has 1 aromatic heterocycles. The molecule has 0 atom stereocenters. The summed E-state index contributed by atoms with van der Waals surface area (Å²) in [6.07, 6.45) is 2.14. The van der Waals surface area contributed by atoms with E-state index in [2.05, 4.69) is 0 Å². The zero-order chi connectivity index (χ0) is 12.3. The van der Waals surface area contributed by atoms with E-state index < -0.39 is 5.97 Å². The number of carbonyl (C=O) groups is 2. The van der Waals surface area contributed by atoms with E-state index in [1.807, 2.05) is 22.6 Å². The Bertz CT molecular complexity index is 546. The summed E-state index contributed by atoms with van der Waals surface area (Å²) in [5.74, 6) is -0.0235. The molecule has 0 bridgehead atoms. The maximum absolute atomic E-state index is 11.6. The standard InChI is InChI=1S/C12H7IO4/c13-9-6-8(7-14)3-4-10(9)17-12(15)11-2-1-5-16-11/h1-7H. The Morgan fingerprint density at radius 3 is 2.76 bits per heavy atom. The predicted molar refractivity (Wildman–Crippen MR) is 68.2 cm³/mol. The van der Waals surface area contributed by atoms with Crippen molar-refractivity contribution in [2.24, 2.45) is 0 Å². The number of furan rings is 1. The van der Waals surface area contributed by atoms with Crippen molar-refractivity contribution >= 4 is 34.8 Å². The van der Waals surface area contributed by atoms with Crippen LogP contribution in [0.1, 0.15) is 20.9 Å². The molecule has 0 aliphatic heterocycles. The molecule has 1 heterocycles. The van der Waals surface area contributed by atoms with Crippen LogP contribution < -0.4 is 4.74 Å². The summed E-state index contributed by atoms with van der Waals surface area (Å²) in [6, 6.07) is 7.93. The number of ether oxygens (including phenoxy) is 1. The van der Waals surface area contributed by atoms with Crippen LogP contribution in [0.2, 0.25) is 0 Å². The largest absolute Gasteiger partial charge is 0.457 e. The highest BCUT2D eigenvalue weighted by Gasteiger charge is 2.13. The third-order valence-electron chi connectivity index (χ3n) is 2.02. The Morgan fingerprint density at radius 2 is 2.18 bits per heavy atom. The van der Waals surface area contributed by atoms with E-state index in [4.69, 9.17) is 9.15 Å². The summed E-state index contributed by atoms with van der Waals surface area (Å²) in [7, 11) is 0. The number of esters is 1. The van der Waals surface area contributed by atoms with Gasteiger partial charge in [0.25, 0.3) is 0 Å². The molecule has 0 unspecified atom stereocenters. The summed E-state index contributed by atoms with van der Waals surface area (Å²) in [5.41, 5.74) is 0.534. The highest BCUT2D eigenvalue weighted by atomic mass is 127. The first kappa shape index (κ1) is 11.8. The second-order valence-corrected chi connectivity index (χ2v) is 4.34. The Labute approximate surface area is 111 Å². The average molecular weight is 342 g/mol. The lowest BCUT2D eigenvalue weighted by Gasteiger charge is -2.04. The van der Waals surface area contributed by atoms with E-state index in [9.17, 15) is 9.59 Å². The van der Waals surface area contributed by atoms with Gasteiger partial charge in [0, 0.05) is 5.56 Å². The molecule has 0 radical (unpaired) electrons. The summed E-state index contributed by atoms with van der Waals surface area (Å²) in [6.45, 7) is 0. The first-order valence-corrected chi connectivity index (χ1v) is 5.79. The van der Waals surface area contributed by atoms with Gasteiger partial charge < -0.3 is 9.15 Å². The molecule has 0 spiro atoms. The highest BCUT2D eigenvalue weighted by Crippen LogP contribution is 2.22. The summed E-state index contributed by atoms with van der Waals surface area (Å²) in [4.78, 5) is 22.1. The topological polar surface area (TPSA) is 56.5 Å². The number of benzene rings is 1. The van der Waals surface area contributed by atoms with Crippen molar-refractivity contribution in [3.05, 3.63) is 51.5 Å². The first-order chi connectivity index (χ1) is 8.20. The van der Waals surface area contributed by atoms with Gasteiger partial charge in [-0.05, 0) is 52.9 Å². The molecule has 0 aliphatic rings. The molecule has 2 aromatic rings. The fraction of sp³-hybridized carbons (Fsp3) is 0. The smallest absolute Gasteiger partial charge is 0.379 e. The van der Waals surface area contributed by atoms with Crippen molar-refractivity contribution in [3.63, 3.8) is 0 Å². The third kappa shape index (κ3) is 2.73. The monoisotopic (exact) mass is 342 g/mol. The van der Waals surface area contributed by atoms with E-state index >= 15 is 0 Å². The molecule has 0 saturated heterocycles. The van der Waals surface area contributed by atoms with E-state index in [1.54, 1.807) is 24.3 Å². The molecule has 86 valence electrons. The fourth-order valence-corrected chi connectivity index (χ4v) is 1.87. The molecule has 17 heavy (non-hydrogen) atoms. The zero-order valence-corrected chi connectivity index (χ0v) is 10.7. The second-order valence-electron chi connectivity index (χ2n) is 3.17. The lowest BCUT2D eigenvalue weighted by molar-refractivity contribution is 0.0700. The second kappa shape index (κ2) is 5.13. The number of aldehydes is 1. The van der Waals surface area contributed by atoms with Crippen LogP contribution >= 0.6 is 22.6 Å². The van der Waals surface area contributed by atoms with E-state index in [-0.39, 0.29) is 5.76 Å². The molecule has 0 N–H and O–H groups in total. The van der Waals surface area contributed by atoms with Crippen molar-refractivity contribution < 1.29 is 18.7 Å². The van der Waals surface area contributed by atoms with Crippen molar-refractivity contribution in [3.8, 4) is 5.75 Å². The van der Waals surface area contributed by atoms with Gasteiger partial charge in [0.2, 0.25) is 5.76 Å². The van der Waals surface area contributed by atoms with Crippen LogP contribution in [0.3, 0.4) is 0 Å². The van der Waals surface area contributed by atoms with Gasteiger partial charge in [-0.2, -0.15) is 0 Å². The molecule has 0 aliphatic carbocycles. The number of rotatable bonds is 3. The van der Waals surface area contributed by atoms with Gasteiger partial charge in [-0.15, -0.1) is 0 Å². The molecular weight excluding hydrogens is 335 g/mol. The highest BCUT2D eigenvalue weighted by molar-refractivity contribution is 14.1. The minimum Gasteiger partial charge on any atom is -0.457 e. The predicted octanol–water partition coefficient (Wildman–Crippen LogP) is 2.92. The van der Waals surface area contributed by atoms with Gasteiger partial charge >= 0.3 is 5.97 Å². The van der Waals surface area contributed by atoms with Crippen LogP contribution in [-0.2, 0) is 0 Å². The van der Waals surface area contributed by atoms with Crippen LogP contribution in [0.25, 0.3) is 0 Å². The Hall–Kier alpha value is -1.63. The van der Waals surface area contributed by atoms with Gasteiger partial charge in [0.15, 0.2) is 0 Å². The molecular formula is C12H7IO4. The Kier molecular flexibility index (Phi) is 3.58. The first-order valence-electron chi connectivity index (χ1n) is 4.71. The average Bonchev–Trinajstić information content (AvgIpc) is 2.85. The number of halogens is 1. The maximum Gasteiger partial charge on any atom is 0.379 e. The summed E-state index contributed by atoms with van der Waals surface area (Å²) in [5, 5.41) is 0. The fourth-order valence-electron chi connectivity index (χ4n) is 1.22. The Balaban J connectivity index is 2.19. The van der Waals surface area contributed by atoms with Crippen molar-refractivity contribution in [1.82, 2.24) is 0 Å². The lowest BCUT2D eigenvalue weighted by Crippen LogP contribution is -2.08. The Morgan fingerprint density at radius 1 is 1.35 bits per heavy atom. The quantitative estimate of drug-likeness (QED) is 0.373. The minimum atomic E-state index is -0.563. The van der Waals surface area contributed by atoms with Crippen LogP contribution in [-0.4, -0.2) is 12.3 Å². The zero-order valence-electron chi connectivity index (χ0n) is 8.55. The third-order valence-corrected chi connectivity index (χ3v) is 2.86. The molecule has 0 fully saturated rings. The molecule has 5 heteroatoms. The van der Waals surface area contributed by atoms with Crippen LogP contribution in [0, 0.1) is 3.57 Å². The van der Waals surface area contributed by atoms with E-state index in [0.717, 1.165) is 6.29 Å².